The molecule has 0 aliphatic heterocycles. The third kappa shape index (κ3) is 7.26. The number of halogens is 1. The zero-order valence-corrected chi connectivity index (χ0v) is 25.7. The number of carbonyl (C=O) groups is 3. The van der Waals surface area contributed by atoms with Crippen LogP contribution in [-0.2, 0) is 16.0 Å². The van der Waals surface area contributed by atoms with Crippen molar-refractivity contribution in [3.05, 3.63) is 45.1 Å². The van der Waals surface area contributed by atoms with Gasteiger partial charge in [-0.05, 0) is 36.4 Å². The van der Waals surface area contributed by atoms with Crippen LogP contribution < -0.4 is 14.2 Å². The van der Waals surface area contributed by atoms with E-state index >= 15 is 0 Å². The summed E-state index contributed by atoms with van der Waals surface area (Å²) in [5.41, 5.74) is 0. The minimum absolute atomic E-state index is 0.0990. The number of fused-ring (bicyclic) bond motifs is 2. The zero-order valence-electron chi connectivity index (χ0n) is 23.3. The van der Waals surface area contributed by atoms with Crippen LogP contribution in [-0.4, -0.2) is 53.4 Å². The number of ketones is 1. The first-order valence-corrected chi connectivity index (χ1v) is 15.3. The van der Waals surface area contributed by atoms with Crippen molar-refractivity contribution in [2.75, 3.05) is 20.3 Å². The summed E-state index contributed by atoms with van der Waals surface area (Å²) in [6, 6.07) is 8.93. The van der Waals surface area contributed by atoms with Crippen LogP contribution in [0.2, 0.25) is 5.02 Å². The Morgan fingerprint density at radius 2 is 1.62 bits per heavy atom. The summed E-state index contributed by atoms with van der Waals surface area (Å²) in [5, 5.41) is 30.4. The molecule has 4 rings (SSSR count). The molecule has 0 saturated carbocycles. The van der Waals surface area contributed by atoms with Gasteiger partial charge in [0.15, 0.2) is 28.8 Å². The Kier molecular flexibility index (Phi) is 10.2. The van der Waals surface area contributed by atoms with Gasteiger partial charge in [-0.25, -0.2) is 0 Å². The number of rotatable bonds is 15. The highest BCUT2D eigenvalue weighted by Crippen LogP contribution is 2.44. The number of aryl methyl sites for hydroxylation is 1. The molecule has 3 N–H and O–H groups in total. The number of phenolic OH excluding ortho intramolecular Hbond substituents is 1. The average molecular weight is 635 g/mol. The largest absolute Gasteiger partial charge is 0.504 e. The van der Waals surface area contributed by atoms with Gasteiger partial charge in [0.1, 0.15) is 0 Å². The molecule has 42 heavy (non-hydrogen) atoms. The predicted molar refractivity (Wildman–Crippen MR) is 163 cm³/mol. The van der Waals surface area contributed by atoms with Gasteiger partial charge in [-0.2, -0.15) is 0 Å². The second-order valence-corrected chi connectivity index (χ2v) is 12.6. The molecular weight excluding hydrogens is 604 g/mol. The number of hydrogen-bond acceptors (Lipinski definition) is 9. The second kappa shape index (κ2) is 13.6. The van der Waals surface area contributed by atoms with Crippen LogP contribution in [0.15, 0.2) is 30.3 Å². The van der Waals surface area contributed by atoms with Crippen LogP contribution in [0.3, 0.4) is 0 Å². The number of benzene rings is 2. The fraction of sp³-hybridized carbons (Fsp3) is 0.367. The minimum atomic E-state index is -1.04. The molecule has 0 radical (unpaired) electrons. The number of aliphatic carboxylic acids is 2. The lowest BCUT2D eigenvalue weighted by Gasteiger charge is -2.13. The lowest BCUT2D eigenvalue weighted by Crippen LogP contribution is -2.13. The molecule has 0 spiro atoms. The highest BCUT2D eigenvalue weighted by Gasteiger charge is 2.22. The van der Waals surface area contributed by atoms with E-state index in [1.165, 1.54) is 13.0 Å². The topological polar surface area (TPSA) is 140 Å². The van der Waals surface area contributed by atoms with Crippen molar-refractivity contribution in [3.63, 3.8) is 0 Å². The van der Waals surface area contributed by atoms with Crippen molar-refractivity contribution in [1.82, 2.24) is 0 Å². The van der Waals surface area contributed by atoms with Crippen molar-refractivity contribution in [1.29, 1.82) is 0 Å². The standard InChI is InChI=1S/C30H31ClO9S2/c1-15(29(34)35)5-6-18-10-17-11-23(22(38-3)14-24(17)41-18)39-7-4-8-40-28-21(33)13-25-19(27(28)31)12-26(42-25)20(32)9-16(2)30(36)37/h10-16,33H,4-9H2,1-3H3,(H,34,35)(H,36,37)/t15-,16-/m0/s1. The summed E-state index contributed by atoms with van der Waals surface area (Å²) in [5.74, 6) is -2.26. The van der Waals surface area contributed by atoms with E-state index in [0.717, 1.165) is 26.3 Å². The molecule has 2 atom stereocenters. The number of hydrogen-bond donors (Lipinski definition) is 3. The third-order valence-electron chi connectivity index (χ3n) is 6.78. The Morgan fingerprint density at radius 1 is 0.905 bits per heavy atom. The van der Waals surface area contributed by atoms with Gasteiger partial charge < -0.3 is 29.5 Å². The molecule has 12 heteroatoms. The molecule has 0 saturated heterocycles. The summed E-state index contributed by atoms with van der Waals surface area (Å²) in [6.45, 7) is 3.67. The predicted octanol–water partition coefficient (Wildman–Crippen LogP) is 7.28. The molecular formula is C30H31ClO9S2. The molecule has 0 aliphatic rings. The molecule has 9 nitrogen and oxygen atoms in total. The lowest BCUT2D eigenvalue weighted by molar-refractivity contribution is -0.142. The molecule has 0 unspecified atom stereocenters. The van der Waals surface area contributed by atoms with Crippen LogP contribution in [0.4, 0.5) is 0 Å². The Hall–Kier alpha value is -3.54. The summed E-state index contributed by atoms with van der Waals surface area (Å²) < 4.78 is 18.9. The van der Waals surface area contributed by atoms with Crippen LogP contribution in [0.1, 0.15) is 47.7 Å². The van der Waals surface area contributed by atoms with E-state index in [1.54, 1.807) is 31.4 Å². The van der Waals surface area contributed by atoms with E-state index in [0.29, 0.717) is 52.3 Å². The van der Waals surface area contributed by atoms with E-state index in [1.807, 2.05) is 18.2 Å². The number of carbonyl (C=O) groups excluding carboxylic acids is 1. The number of carboxylic acids is 2. The highest BCUT2D eigenvalue weighted by atomic mass is 35.5. The van der Waals surface area contributed by atoms with E-state index in [4.69, 9.17) is 36.0 Å². The van der Waals surface area contributed by atoms with Crippen molar-refractivity contribution in [2.45, 2.75) is 39.5 Å². The van der Waals surface area contributed by atoms with Gasteiger partial charge in [0.2, 0.25) is 0 Å². The van der Waals surface area contributed by atoms with Crippen LogP contribution in [0, 0.1) is 11.8 Å². The molecule has 0 aliphatic carbocycles. The first-order valence-electron chi connectivity index (χ1n) is 13.3. The monoisotopic (exact) mass is 634 g/mol. The van der Waals surface area contributed by atoms with Crippen LogP contribution in [0.25, 0.3) is 20.2 Å². The first-order chi connectivity index (χ1) is 20.0. The number of ether oxygens (including phenoxy) is 3. The van der Waals surface area contributed by atoms with Gasteiger partial charge in [0.05, 0.1) is 42.1 Å². The Bertz CT molecular complexity index is 1620. The number of aromatic hydroxyl groups is 1. The molecule has 0 fully saturated rings. The van der Waals surface area contributed by atoms with Crippen molar-refractivity contribution in [2.24, 2.45) is 11.8 Å². The Morgan fingerprint density at radius 3 is 2.31 bits per heavy atom. The fourth-order valence-electron chi connectivity index (χ4n) is 4.24. The van der Waals surface area contributed by atoms with E-state index in [9.17, 15) is 19.5 Å². The zero-order chi connectivity index (χ0) is 30.6. The van der Waals surface area contributed by atoms with Crippen LogP contribution in [0.5, 0.6) is 23.0 Å². The number of thiophene rings is 2. The first kappa shape index (κ1) is 31.4. The van der Waals surface area contributed by atoms with Crippen molar-refractivity contribution >= 4 is 72.2 Å². The summed E-state index contributed by atoms with van der Waals surface area (Å²) in [6.07, 6.45) is 1.58. The number of Topliss-reactive ketones (excluding diaryl/α,β-unsaturated/α-hetero) is 1. The maximum absolute atomic E-state index is 12.5. The van der Waals surface area contributed by atoms with Gasteiger partial charge >= 0.3 is 11.9 Å². The Balaban J connectivity index is 1.36. The van der Waals surface area contributed by atoms with Gasteiger partial charge in [0.25, 0.3) is 0 Å². The molecule has 2 aromatic carbocycles. The number of methoxy groups -OCH3 is 1. The number of phenols is 1. The highest BCUT2D eigenvalue weighted by molar-refractivity contribution is 7.21. The minimum Gasteiger partial charge on any atom is -0.504 e. The fourth-order valence-corrected chi connectivity index (χ4v) is 6.75. The van der Waals surface area contributed by atoms with Crippen LogP contribution >= 0.6 is 34.3 Å². The van der Waals surface area contributed by atoms with E-state index < -0.39 is 23.8 Å². The third-order valence-corrected chi connectivity index (χ3v) is 9.43. The average Bonchev–Trinajstić information content (AvgIpc) is 3.56. The lowest BCUT2D eigenvalue weighted by atomic mass is 10.0. The summed E-state index contributed by atoms with van der Waals surface area (Å²) in [4.78, 5) is 36.2. The van der Waals surface area contributed by atoms with E-state index in [2.05, 4.69) is 0 Å². The van der Waals surface area contributed by atoms with Crippen molar-refractivity contribution < 1.29 is 43.9 Å². The maximum Gasteiger partial charge on any atom is 0.306 e. The van der Waals surface area contributed by atoms with Gasteiger partial charge in [-0.1, -0.05) is 25.4 Å². The summed E-state index contributed by atoms with van der Waals surface area (Å²) in [7, 11) is 1.57. The molecule has 224 valence electrons. The van der Waals surface area contributed by atoms with Gasteiger partial charge in [-0.3, -0.25) is 14.4 Å². The van der Waals surface area contributed by atoms with E-state index in [-0.39, 0.29) is 35.3 Å². The maximum atomic E-state index is 12.5. The summed E-state index contributed by atoms with van der Waals surface area (Å²) >= 11 is 9.26. The van der Waals surface area contributed by atoms with Crippen molar-refractivity contribution in [3.8, 4) is 23.0 Å². The smallest absolute Gasteiger partial charge is 0.306 e. The normalized spacial score (nSPS) is 12.8. The molecule has 0 amide bonds. The molecule has 0 bridgehead atoms. The molecule has 2 heterocycles. The van der Waals surface area contributed by atoms with Gasteiger partial charge in [0, 0.05) is 44.6 Å². The second-order valence-electron chi connectivity index (χ2n) is 10.0. The number of carboxylic acid groups (broad SMARTS) is 2. The van der Waals surface area contributed by atoms with Gasteiger partial charge in [-0.15, -0.1) is 22.7 Å². The quantitative estimate of drug-likeness (QED) is 0.0909. The molecule has 4 aromatic rings. The SMILES string of the molecule is COc1cc2sc(CC[C@H](C)C(=O)O)cc2cc1OCCCOc1c(O)cc2sc(C(=O)C[C@H](C)C(=O)O)cc2c1Cl. The molecule has 2 aromatic heterocycles. The Labute approximate surface area is 255 Å².